The van der Waals surface area contributed by atoms with E-state index in [2.05, 4.69) is 10.6 Å². The number of halogens is 1. The predicted molar refractivity (Wildman–Crippen MR) is 115 cm³/mol. The van der Waals surface area contributed by atoms with E-state index in [0.717, 1.165) is 5.69 Å². The molecule has 0 amide bonds. The summed E-state index contributed by atoms with van der Waals surface area (Å²) >= 11 is 6.12. The van der Waals surface area contributed by atoms with Crippen molar-refractivity contribution in [2.24, 2.45) is 0 Å². The van der Waals surface area contributed by atoms with E-state index in [-0.39, 0.29) is 5.56 Å². The number of pyridine rings is 1. The molecule has 4 rings (SSSR count). The Morgan fingerprint density at radius 2 is 1.89 bits per heavy atom. The molecule has 0 atom stereocenters. The Kier molecular flexibility index (Phi) is 5.93. The molecule has 1 aromatic carbocycles. The van der Waals surface area contributed by atoms with Crippen molar-refractivity contribution in [2.45, 2.75) is 51.1 Å². The highest BCUT2D eigenvalue weighted by Crippen LogP contribution is 2.22. The summed E-state index contributed by atoms with van der Waals surface area (Å²) in [5.41, 5.74) is 2.04. The summed E-state index contributed by atoms with van der Waals surface area (Å²) in [5.74, 6) is 0.583. The molecule has 5 nitrogen and oxygen atoms in total. The second kappa shape index (κ2) is 8.76. The lowest BCUT2D eigenvalue weighted by molar-refractivity contribution is 0.458. The van der Waals surface area contributed by atoms with Crippen LogP contribution in [0.25, 0.3) is 5.65 Å². The average Bonchev–Trinajstić information content (AvgIpc) is 2.97. The van der Waals surface area contributed by atoms with Crippen molar-refractivity contribution in [1.29, 1.82) is 0 Å². The molecule has 2 heterocycles. The lowest BCUT2D eigenvalue weighted by Crippen LogP contribution is -2.32. The van der Waals surface area contributed by atoms with E-state index in [0.29, 0.717) is 34.6 Å². The third-order valence-corrected chi connectivity index (χ3v) is 5.57. The minimum atomic E-state index is -0.0451. The van der Waals surface area contributed by atoms with Crippen molar-refractivity contribution >= 4 is 28.8 Å². The Bertz CT molecular complexity index is 1010. The highest BCUT2D eigenvalue weighted by Gasteiger charge is 2.16. The second-order valence-corrected chi connectivity index (χ2v) is 7.81. The summed E-state index contributed by atoms with van der Waals surface area (Å²) in [7, 11) is 0. The third kappa shape index (κ3) is 4.37. The normalized spacial score (nSPS) is 15.5. The van der Waals surface area contributed by atoms with Crippen molar-refractivity contribution in [3.05, 3.63) is 69.6 Å². The van der Waals surface area contributed by atoms with Gasteiger partial charge in [0, 0.05) is 29.5 Å². The van der Waals surface area contributed by atoms with Crippen LogP contribution in [0.3, 0.4) is 0 Å². The molecule has 1 saturated carbocycles. The SMILES string of the molecule is O=c1c(CNC2CCCCCC2)c(Nc2cccc(Cl)c2)nc2ccccn12. The molecule has 1 fully saturated rings. The van der Waals surface area contributed by atoms with E-state index in [9.17, 15) is 4.79 Å². The molecule has 2 N–H and O–H groups in total. The fourth-order valence-electron chi connectivity index (χ4n) is 3.82. The fraction of sp³-hybridized carbons (Fsp3) is 0.364. The summed E-state index contributed by atoms with van der Waals surface area (Å²) in [5, 5.41) is 7.54. The molecule has 28 heavy (non-hydrogen) atoms. The van der Waals surface area contributed by atoms with Crippen molar-refractivity contribution in [3.8, 4) is 0 Å². The first-order valence-corrected chi connectivity index (χ1v) is 10.3. The van der Waals surface area contributed by atoms with Gasteiger partial charge in [0.05, 0.1) is 5.56 Å². The van der Waals surface area contributed by atoms with Crippen LogP contribution in [-0.2, 0) is 6.54 Å². The maximum absolute atomic E-state index is 13.2. The van der Waals surface area contributed by atoms with Crippen LogP contribution in [0, 0.1) is 0 Å². The quantitative estimate of drug-likeness (QED) is 0.602. The van der Waals surface area contributed by atoms with Gasteiger partial charge in [0.1, 0.15) is 11.5 Å². The first kappa shape index (κ1) is 19.0. The zero-order chi connectivity index (χ0) is 19.3. The zero-order valence-electron chi connectivity index (χ0n) is 15.8. The first-order valence-electron chi connectivity index (χ1n) is 9.97. The Morgan fingerprint density at radius 1 is 1.07 bits per heavy atom. The van der Waals surface area contributed by atoms with Gasteiger partial charge in [0.15, 0.2) is 0 Å². The van der Waals surface area contributed by atoms with Gasteiger partial charge in [0.25, 0.3) is 5.56 Å². The summed E-state index contributed by atoms with van der Waals surface area (Å²) in [6.45, 7) is 0.497. The van der Waals surface area contributed by atoms with Crippen LogP contribution < -0.4 is 16.2 Å². The highest BCUT2D eigenvalue weighted by molar-refractivity contribution is 6.30. The van der Waals surface area contributed by atoms with Crippen LogP contribution in [0.2, 0.25) is 5.02 Å². The molecule has 0 unspecified atom stereocenters. The van der Waals surface area contributed by atoms with Gasteiger partial charge in [-0.1, -0.05) is 49.4 Å². The summed E-state index contributed by atoms with van der Waals surface area (Å²) in [4.78, 5) is 17.9. The molecular formula is C22H25ClN4O. The van der Waals surface area contributed by atoms with Crippen LogP contribution >= 0.6 is 11.6 Å². The van der Waals surface area contributed by atoms with E-state index in [1.807, 2.05) is 42.5 Å². The topological polar surface area (TPSA) is 58.4 Å². The van der Waals surface area contributed by atoms with Crippen LogP contribution in [-0.4, -0.2) is 15.4 Å². The summed E-state index contributed by atoms with van der Waals surface area (Å²) in [6, 6.07) is 13.5. The molecule has 0 spiro atoms. The average molecular weight is 397 g/mol. The standard InChI is InChI=1S/C22H25ClN4O/c23-16-8-7-11-18(14-16)25-21-19(15-24-17-9-3-1-2-4-10-17)22(28)27-13-6-5-12-20(27)26-21/h5-8,11-14,17,24-25H,1-4,9-10,15H2. The van der Waals surface area contributed by atoms with E-state index in [1.165, 1.54) is 38.5 Å². The minimum Gasteiger partial charge on any atom is -0.340 e. The number of hydrogen-bond acceptors (Lipinski definition) is 4. The maximum Gasteiger partial charge on any atom is 0.264 e. The predicted octanol–water partition coefficient (Wildman–Crippen LogP) is 4.90. The number of nitrogens with zero attached hydrogens (tertiary/aromatic N) is 2. The largest absolute Gasteiger partial charge is 0.340 e. The molecule has 0 radical (unpaired) electrons. The van der Waals surface area contributed by atoms with Crippen molar-refractivity contribution < 1.29 is 0 Å². The van der Waals surface area contributed by atoms with Gasteiger partial charge in [-0.05, 0) is 43.2 Å². The van der Waals surface area contributed by atoms with E-state index < -0.39 is 0 Å². The number of rotatable bonds is 5. The van der Waals surface area contributed by atoms with Gasteiger partial charge in [-0.25, -0.2) is 4.98 Å². The minimum absolute atomic E-state index is 0.0451. The molecule has 3 aromatic rings. The van der Waals surface area contributed by atoms with E-state index >= 15 is 0 Å². The van der Waals surface area contributed by atoms with Gasteiger partial charge >= 0.3 is 0 Å². The van der Waals surface area contributed by atoms with Crippen molar-refractivity contribution in [1.82, 2.24) is 14.7 Å². The first-order chi connectivity index (χ1) is 13.7. The Labute approximate surface area is 169 Å². The smallest absolute Gasteiger partial charge is 0.264 e. The van der Waals surface area contributed by atoms with Crippen molar-refractivity contribution in [3.63, 3.8) is 0 Å². The molecule has 1 aliphatic rings. The van der Waals surface area contributed by atoms with Crippen LogP contribution in [0.1, 0.15) is 44.1 Å². The molecule has 146 valence electrons. The Morgan fingerprint density at radius 3 is 2.68 bits per heavy atom. The molecule has 2 aromatic heterocycles. The number of hydrogen-bond donors (Lipinski definition) is 2. The lowest BCUT2D eigenvalue weighted by Gasteiger charge is -2.18. The second-order valence-electron chi connectivity index (χ2n) is 7.38. The van der Waals surface area contributed by atoms with Crippen molar-refractivity contribution in [2.75, 3.05) is 5.32 Å². The monoisotopic (exact) mass is 396 g/mol. The number of anilines is 2. The zero-order valence-corrected chi connectivity index (χ0v) is 16.6. The van der Waals surface area contributed by atoms with Gasteiger partial charge in [0.2, 0.25) is 0 Å². The van der Waals surface area contributed by atoms with Crippen LogP contribution in [0.4, 0.5) is 11.5 Å². The summed E-state index contributed by atoms with van der Waals surface area (Å²) in [6.07, 6.45) is 9.21. The highest BCUT2D eigenvalue weighted by atomic mass is 35.5. The van der Waals surface area contributed by atoms with E-state index in [1.54, 1.807) is 10.6 Å². The van der Waals surface area contributed by atoms with Crippen LogP contribution in [0.15, 0.2) is 53.5 Å². The van der Waals surface area contributed by atoms with Gasteiger partial charge in [-0.15, -0.1) is 0 Å². The number of fused-ring (bicyclic) bond motifs is 1. The fourth-order valence-corrected chi connectivity index (χ4v) is 4.01. The molecule has 6 heteroatoms. The van der Waals surface area contributed by atoms with E-state index in [4.69, 9.17) is 16.6 Å². The Hall–Kier alpha value is -2.37. The van der Waals surface area contributed by atoms with Gasteiger partial charge in [-0.2, -0.15) is 0 Å². The Balaban J connectivity index is 1.67. The maximum atomic E-state index is 13.2. The van der Waals surface area contributed by atoms with Crippen LogP contribution in [0.5, 0.6) is 0 Å². The molecule has 1 aliphatic carbocycles. The van der Waals surface area contributed by atoms with Gasteiger partial charge < -0.3 is 10.6 Å². The molecular weight excluding hydrogens is 372 g/mol. The molecule has 0 bridgehead atoms. The third-order valence-electron chi connectivity index (χ3n) is 5.34. The number of aromatic nitrogens is 2. The number of nitrogens with one attached hydrogen (secondary N) is 2. The summed E-state index contributed by atoms with van der Waals surface area (Å²) < 4.78 is 1.60. The lowest BCUT2D eigenvalue weighted by atomic mass is 10.1. The van der Waals surface area contributed by atoms with Gasteiger partial charge in [-0.3, -0.25) is 9.20 Å². The molecule has 0 aliphatic heterocycles. The number of benzene rings is 1. The molecule has 0 saturated heterocycles.